The Hall–Kier alpha value is -4.26. The van der Waals surface area contributed by atoms with Crippen molar-refractivity contribution in [2.24, 2.45) is 5.92 Å². The van der Waals surface area contributed by atoms with Gasteiger partial charge >= 0.3 is 6.09 Å². The molecule has 224 valence electrons. The number of hydrogen-bond acceptors (Lipinski definition) is 4. The van der Waals surface area contributed by atoms with Gasteiger partial charge in [-0.15, -0.1) is 0 Å². The number of pyridine rings is 1. The molecule has 6 nitrogen and oxygen atoms in total. The van der Waals surface area contributed by atoms with Crippen LogP contribution in [0.25, 0.3) is 22.2 Å². The van der Waals surface area contributed by atoms with Crippen molar-refractivity contribution in [3.05, 3.63) is 101 Å². The lowest BCUT2D eigenvalue weighted by Gasteiger charge is -2.34. The van der Waals surface area contributed by atoms with Gasteiger partial charge in [0.25, 0.3) is 5.91 Å². The molecular weight excluding hydrogens is 541 g/mol. The van der Waals surface area contributed by atoms with E-state index in [1.807, 2.05) is 88.4 Å². The molecule has 0 saturated carbocycles. The molecule has 5 rings (SSSR count). The molecular formula is C36H40FN3O3. The van der Waals surface area contributed by atoms with Crippen LogP contribution in [0, 0.1) is 11.7 Å². The summed E-state index contributed by atoms with van der Waals surface area (Å²) in [5, 5.41) is 3.73. The minimum Gasteiger partial charge on any atom is -0.444 e. The fourth-order valence-electron chi connectivity index (χ4n) is 5.93. The van der Waals surface area contributed by atoms with Gasteiger partial charge in [-0.1, -0.05) is 79.7 Å². The smallest absolute Gasteiger partial charge is 0.410 e. The Bertz CT molecular complexity index is 1580. The predicted molar refractivity (Wildman–Crippen MR) is 168 cm³/mol. The maximum atomic E-state index is 15.3. The molecule has 4 aromatic rings. The molecule has 0 spiro atoms. The summed E-state index contributed by atoms with van der Waals surface area (Å²) in [6.07, 6.45) is 2.59. The molecule has 1 saturated heterocycles. The summed E-state index contributed by atoms with van der Waals surface area (Å²) < 4.78 is 21.0. The van der Waals surface area contributed by atoms with Gasteiger partial charge in [0.15, 0.2) is 0 Å². The zero-order valence-corrected chi connectivity index (χ0v) is 25.4. The first kappa shape index (κ1) is 30.2. The predicted octanol–water partition coefficient (Wildman–Crippen LogP) is 8.11. The van der Waals surface area contributed by atoms with E-state index in [2.05, 4.69) is 5.32 Å². The number of amides is 2. The number of piperidine rings is 1. The van der Waals surface area contributed by atoms with Crippen LogP contribution in [0.3, 0.4) is 0 Å². The van der Waals surface area contributed by atoms with Crippen LogP contribution in [-0.4, -0.2) is 40.6 Å². The fraction of sp³-hybridized carbons (Fsp3) is 0.361. The molecule has 2 amide bonds. The number of para-hydroxylation sites is 1. The Kier molecular flexibility index (Phi) is 9.09. The highest BCUT2D eigenvalue weighted by atomic mass is 19.1. The Morgan fingerprint density at radius 1 is 1.02 bits per heavy atom. The third-order valence-corrected chi connectivity index (χ3v) is 7.92. The van der Waals surface area contributed by atoms with E-state index < -0.39 is 11.4 Å². The molecule has 0 bridgehead atoms. The third kappa shape index (κ3) is 7.04. The van der Waals surface area contributed by atoms with Crippen molar-refractivity contribution in [1.82, 2.24) is 15.2 Å². The van der Waals surface area contributed by atoms with Crippen LogP contribution in [0.5, 0.6) is 0 Å². The van der Waals surface area contributed by atoms with E-state index in [-0.39, 0.29) is 29.5 Å². The van der Waals surface area contributed by atoms with E-state index in [1.165, 1.54) is 6.07 Å². The number of carbonyl (C=O) groups is 2. The van der Waals surface area contributed by atoms with E-state index in [0.29, 0.717) is 42.6 Å². The van der Waals surface area contributed by atoms with Crippen LogP contribution in [0.4, 0.5) is 9.18 Å². The van der Waals surface area contributed by atoms with Crippen LogP contribution in [0.15, 0.2) is 78.9 Å². The average molecular weight is 582 g/mol. The largest absolute Gasteiger partial charge is 0.444 e. The van der Waals surface area contributed by atoms with Crippen LogP contribution >= 0.6 is 0 Å². The molecule has 1 aliphatic heterocycles. The standard InChI is InChI=1S/C36H40FN3O3/c1-5-30(25-15-8-6-9-16-25)38-34(41)31-27-19-12-20-29(37)33(27)39-32(26-17-10-7-11-18-26)28(31)22-24-14-13-21-40(23-24)35(42)43-36(2,3)4/h6-12,15-20,24,30H,5,13-14,21-23H2,1-4H3,(H,38,41)/t24?,30-/m0/s1. The molecule has 3 aromatic carbocycles. The van der Waals surface area contributed by atoms with Crippen molar-refractivity contribution >= 4 is 22.9 Å². The van der Waals surface area contributed by atoms with Gasteiger partial charge in [0, 0.05) is 24.0 Å². The van der Waals surface area contributed by atoms with E-state index in [4.69, 9.17) is 9.72 Å². The number of nitrogens with zero attached hydrogens (tertiary/aromatic N) is 2. The number of carbonyl (C=O) groups excluding carboxylic acids is 2. The van der Waals surface area contributed by atoms with Gasteiger partial charge in [-0.25, -0.2) is 14.2 Å². The number of rotatable bonds is 7. The maximum absolute atomic E-state index is 15.3. The summed E-state index contributed by atoms with van der Waals surface area (Å²) >= 11 is 0. The first-order chi connectivity index (χ1) is 20.6. The van der Waals surface area contributed by atoms with E-state index in [1.54, 1.807) is 17.0 Å². The van der Waals surface area contributed by atoms with E-state index in [0.717, 1.165) is 29.5 Å². The molecule has 7 heteroatoms. The van der Waals surface area contributed by atoms with Crippen LogP contribution in [0.2, 0.25) is 0 Å². The van der Waals surface area contributed by atoms with Crippen LogP contribution in [-0.2, 0) is 11.2 Å². The summed E-state index contributed by atoms with van der Waals surface area (Å²) in [6.45, 7) is 8.76. The van der Waals surface area contributed by atoms with Gasteiger partial charge in [-0.3, -0.25) is 4.79 Å². The maximum Gasteiger partial charge on any atom is 0.410 e. The molecule has 0 radical (unpaired) electrons. The SMILES string of the molecule is CC[C@H](NC(=O)c1c(CC2CCCN(C(=O)OC(C)(C)C)C2)c(-c2ccccc2)nc2c(F)cccc12)c1ccccc1. The molecule has 1 unspecified atom stereocenters. The van der Waals surface area contributed by atoms with Crippen molar-refractivity contribution in [1.29, 1.82) is 0 Å². The summed E-state index contributed by atoms with van der Waals surface area (Å²) in [4.78, 5) is 33.9. The highest BCUT2D eigenvalue weighted by Gasteiger charge is 2.31. The summed E-state index contributed by atoms with van der Waals surface area (Å²) in [6, 6.07) is 24.1. The number of halogens is 1. The molecule has 43 heavy (non-hydrogen) atoms. The quantitative estimate of drug-likeness (QED) is 0.239. The number of aromatic nitrogens is 1. The lowest BCUT2D eigenvalue weighted by molar-refractivity contribution is 0.0166. The third-order valence-electron chi connectivity index (χ3n) is 7.92. The number of fused-ring (bicyclic) bond motifs is 1. The van der Waals surface area contributed by atoms with Gasteiger partial charge in [-0.05, 0) is 69.6 Å². The number of likely N-dealkylation sites (tertiary alicyclic amines) is 1. The van der Waals surface area contributed by atoms with Crippen molar-refractivity contribution in [2.75, 3.05) is 13.1 Å². The zero-order chi connectivity index (χ0) is 30.6. The van der Waals surface area contributed by atoms with E-state index in [9.17, 15) is 9.59 Å². The van der Waals surface area contributed by atoms with Gasteiger partial charge in [-0.2, -0.15) is 0 Å². The topological polar surface area (TPSA) is 71.5 Å². The first-order valence-electron chi connectivity index (χ1n) is 15.1. The van der Waals surface area contributed by atoms with Crippen LogP contribution in [0.1, 0.15) is 74.5 Å². The summed E-state index contributed by atoms with van der Waals surface area (Å²) in [5.74, 6) is -0.668. The Labute approximate surface area is 253 Å². The Morgan fingerprint density at radius 3 is 2.40 bits per heavy atom. The van der Waals surface area contributed by atoms with Crippen molar-refractivity contribution in [3.8, 4) is 11.3 Å². The molecule has 1 aromatic heterocycles. The van der Waals surface area contributed by atoms with Crippen LogP contribution < -0.4 is 5.32 Å². The van der Waals surface area contributed by atoms with Gasteiger partial charge < -0.3 is 15.0 Å². The number of nitrogens with one attached hydrogen (secondary N) is 1. The average Bonchev–Trinajstić information content (AvgIpc) is 3.00. The normalized spacial score (nSPS) is 16.1. The zero-order valence-electron chi connectivity index (χ0n) is 25.4. The van der Waals surface area contributed by atoms with Crippen molar-refractivity contribution < 1.29 is 18.7 Å². The van der Waals surface area contributed by atoms with Gasteiger partial charge in [0.1, 0.15) is 16.9 Å². The summed E-state index contributed by atoms with van der Waals surface area (Å²) in [7, 11) is 0. The fourth-order valence-corrected chi connectivity index (χ4v) is 5.93. The van der Waals surface area contributed by atoms with Gasteiger partial charge in [0.2, 0.25) is 0 Å². The first-order valence-corrected chi connectivity index (χ1v) is 15.1. The molecule has 1 N–H and O–H groups in total. The molecule has 2 heterocycles. The number of hydrogen-bond donors (Lipinski definition) is 1. The lowest BCUT2D eigenvalue weighted by Crippen LogP contribution is -2.43. The highest BCUT2D eigenvalue weighted by molar-refractivity contribution is 6.09. The molecule has 2 atom stereocenters. The van der Waals surface area contributed by atoms with Gasteiger partial charge in [0.05, 0.1) is 17.3 Å². The minimum atomic E-state index is -0.587. The molecule has 1 aliphatic rings. The van der Waals surface area contributed by atoms with Crippen molar-refractivity contribution in [3.63, 3.8) is 0 Å². The molecule has 0 aliphatic carbocycles. The van der Waals surface area contributed by atoms with Crippen molar-refractivity contribution in [2.45, 2.75) is 65.0 Å². The monoisotopic (exact) mass is 581 g/mol. The van der Waals surface area contributed by atoms with E-state index >= 15 is 4.39 Å². The summed E-state index contributed by atoms with van der Waals surface area (Å²) in [5.41, 5.74) is 3.19. The molecule has 1 fully saturated rings. The second-order valence-corrected chi connectivity index (χ2v) is 12.3. The lowest BCUT2D eigenvalue weighted by atomic mass is 9.85. The number of ether oxygens (including phenoxy) is 1. The Balaban J connectivity index is 1.61. The highest BCUT2D eigenvalue weighted by Crippen LogP contribution is 2.35. The number of benzene rings is 3. The second kappa shape index (κ2) is 12.9. The Morgan fingerprint density at radius 2 is 1.72 bits per heavy atom. The second-order valence-electron chi connectivity index (χ2n) is 12.3. The minimum absolute atomic E-state index is 0.0687.